The van der Waals surface area contributed by atoms with E-state index in [4.69, 9.17) is 31.5 Å². The van der Waals surface area contributed by atoms with Crippen LogP contribution in [0.5, 0.6) is 0 Å². The summed E-state index contributed by atoms with van der Waals surface area (Å²) in [6, 6.07) is 4.92. The Morgan fingerprint density at radius 3 is 2.83 bits per heavy atom. The second kappa shape index (κ2) is 10.2. The average molecular weight is 439 g/mol. The van der Waals surface area contributed by atoms with Crippen LogP contribution in [0.2, 0.25) is 5.02 Å². The molecule has 0 spiro atoms. The zero-order valence-electron chi connectivity index (χ0n) is 16.9. The molecule has 0 aromatic heterocycles. The summed E-state index contributed by atoms with van der Waals surface area (Å²) in [5, 5.41) is 3.22. The summed E-state index contributed by atoms with van der Waals surface area (Å²) in [5.41, 5.74) is 5.67. The SMILES string of the molecule is CC(OC(N)=O)C(=O)Cc1cccc(Cl)c1C(=O)NC1CC1COC1CCCCO1. The first kappa shape index (κ1) is 22.5. The van der Waals surface area contributed by atoms with Crippen LogP contribution >= 0.6 is 11.6 Å². The van der Waals surface area contributed by atoms with E-state index >= 15 is 0 Å². The summed E-state index contributed by atoms with van der Waals surface area (Å²) < 4.78 is 16.1. The van der Waals surface area contributed by atoms with E-state index in [1.165, 1.54) is 6.92 Å². The number of amides is 2. The smallest absolute Gasteiger partial charge is 0.405 e. The molecule has 4 unspecified atom stereocenters. The quantitative estimate of drug-likeness (QED) is 0.612. The van der Waals surface area contributed by atoms with E-state index in [1.807, 2.05) is 0 Å². The van der Waals surface area contributed by atoms with Crippen LogP contribution in [0.25, 0.3) is 0 Å². The van der Waals surface area contributed by atoms with E-state index in [9.17, 15) is 14.4 Å². The fraction of sp³-hybridized carbons (Fsp3) is 0.571. The standard InChI is InChI=1S/C21H27ClN2O6/c1-12(30-21(23)27)17(25)10-13-5-4-6-15(22)19(13)20(26)24-16-9-14(16)11-29-18-7-2-3-8-28-18/h4-6,12,14,16,18H,2-3,7-11H2,1H3,(H2,23,27)(H,24,26). The van der Waals surface area contributed by atoms with Crippen molar-refractivity contribution in [3.05, 3.63) is 34.3 Å². The van der Waals surface area contributed by atoms with E-state index in [2.05, 4.69) is 5.32 Å². The van der Waals surface area contributed by atoms with Gasteiger partial charge in [0.25, 0.3) is 5.91 Å². The Labute approximate surface area is 180 Å². The van der Waals surface area contributed by atoms with E-state index in [-0.39, 0.29) is 46.9 Å². The van der Waals surface area contributed by atoms with Gasteiger partial charge in [-0.05, 0) is 44.2 Å². The molecule has 1 saturated heterocycles. The molecule has 0 radical (unpaired) electrons. The van der Waals surface area contributed by atoms with Gasteiger partial charge >= 0.3 is 6.09 Å². The van der Waals surface area contributed by atoms with Gasteiger partial charge in [0, 0.05) is 25.0 Å². The van der Waals surface area contributed by atoms with Gasteiger partial charge in [-0.1, -0.05) is 23.7 Å². The fourth-order valence-electron chi connectivity index (χ4n) is 3.46. The summed E-state index contributed by atoms with van der Waals surface area (Å²) in [6.45, 7) is 2.69. The number of Topliss-reactive ketones (excluding diaryl/α,β-unsaturated/α-hetero) is 1. The zero-order chi connectivity index (χ0) is 21.7. The van der Waals surface area contributed by atoms with Gasteiger partial charge in [0.1, 0.15) is 0 Å². The highest BCUT2D eigenvalue weighted by molar-refractivity contribution is 6.34. The van der Waals surface area contributed by atoms with E-state index in [0.717, 1.165) is 32.3 Å². The number of carbonyl (C=O) groups is 3. The number of ether oxygens (including phenoxy) is 3. The molecule has 8 nitrogen and oxygen atoms in total. The molecule has 2 amide bonds. The lowest BCUT2D eigenvalue weighted by Crippen LogP contribution is -2.31. The number of nitrogens with one attached hydrogen (secondary N) is 1. The Hall–Kier alpha value is -2.16. The number of carbonyl (C=O) groups excluding carboxylic acids is 3. The lowest BCUT2D eigenvalue weighted by molar-refractivity contribution is -0.164. The van der Waals surface area contributed by atoms with Gasteiger partial charge in [0.2, 0.25) is 0 Å². The molecule has 164 valence electrons. The number of hydrogen-bond acceptors (Lipinski definition) is 6. The van der Waals surface area contributed by atoms with Crippen LogP contribution in [0, 0.1) is 5.92 Å². The van der Waals surface area contributed by atoms with Crippen molar-refractivity contribution in [1.29, 1.82) is 0 Å². The third-order valence-electron chi connectivity index (χ3n) is 5.31. The summed E-state index contributed by atoms with van der Waals surface area (Å²) in [4.78, 5) is 36.0. The number of benzene rings is 1. The molecule has 1 heterocycles. The first-order chi connectivity index (χ1) is 14.3. The Kier molecular flexibility index (Phi) is 7.69. The second-order valence-corrected chi connectivity index (χ2v) is 8.11. The first-order valence-corrected chi connectivity index (χ1v) is 10.5. The lowest BCUT2D eigenvalue weighted by atomic mass is 9.99. The predicted octanol–water partition coefficient (Wildman–Crippen LogP) is 2.60. The van der Waals surface area contributed by atoms with Crippen molar-refractivity contribution in [2.45, 2.75) is 57.5 Å². The molecule has 1 aliphatic carbocycles. The van der Waals surface area contributed by atoms with Crippen LogP contribution in [0.4, 0.5) is 4.79 Å². The molecule has 3 rings (SSSR count). The number of nitrogens with two attached hydrogens (primary N) is 1. The van der Waals surface area contributed by atoms with Gasteiger partial charge in [-0.3, -0.25) is 9.59 Å². The highest BCUT2D eigenvalue weighted by atomic mass is 35.5. The van der Waals surface area contributed by atoms with Crippen LogP contribution in [0.1, 0.15) is 48.5 Å². The van der Waals surface area contributed by atoms with Gasteiger partial charge in [-0.25, -0.2) is 4.79 Å². The van der Waals surface area contributed by atoms with Gasteiger partial charge in [0.05, 0.1) is 17.2 Å². The van der Waals surface area contributed by atoms with Crippen molar-refractivity contribution < 1.29 is 28.6 Å². The summed E-state index contributed by atoms with van der Waals surface area (Å²) in [5.74, 6) is -0.486. The number of ketones is 1. The van der Waals surface area contributed by atoms with Crippen molar-refractivity contribution in [2.75, 3.05) is 13.2 Å². The monoisotopic (exact) mass is 438 g/mol. The van der Waals surface area contributed by atoms with Crippen LogP contribution < -0.4 is 11.1 Å². The summed E-state index contributed by atoms with van der Waals surface area (Å²) in [7, 11) is 0. The van der Waals surface area contributed by atoms with E-state index in [0.29, 0.717) is 12.2 Å². The number of hydrogen-bond donors (Lipinski definition) is 2. The molecular weight excluding hydrogens is 412 g/mol. The van der Waals surface area contributed by atoms with E-state index < -0.39 is 12.2 Å². The largest absolute Gasteiger partial charge is 0.439 e. The minimum atomic E-state index is -1.03. The maximum absolute atomic E-state index is 12.8. The Morgan fingerprint density at radius 1 is 1.33 bits per heavy atom. The zero-order valence-corrected chi connectivity index (χ0v) is 17.7. The maximum atomic E-state index is 12.8. The molecule has 0 bridgehead atoms. The van der Waals surface area contributed by atoms with Gasteiger partial charge in [0.15, 0.2) is 18.2 Å². The molecule has 1 saturated carbocycles. The van der Waals surface area contributed by atoms with Crippen LogP contribution in [-0.4, -0.2) is 49.4 Å². The molecule has 30 heavy (non-hydrogen) atoms. The third-order valence-corrected chi connectivity index (χ3v) is 5.63. The normalized spacial score (nSPS) is 24.0. The van der Waals surface area contributed by atoms with Crippen molar-refractivity contribution in [3.63, 3.8) is 0 Å². The summed E-state index contributed by atoms with van der Waals surface area (Å²) in [6.07, 6.45) is 1.60. The summed E-state index contributed by atoms with van der Waals surface area (Å²) >= 11 is 6.26. The molecular formula is C21H27ClN2O6. The van der Waals surface area contributed by atoms with Crippen molar-refractivity contribution in [1.82, 2.24) is 5.32 Å². The minimum Gasteiger partial charge on any atom is -0.439 e. The molecule has 9 heteroatoms. The highest BCUT2D eigenvalue weighted by Gasteiger charge is 2.39. The van der Waals surface area contributed by atoms with E-state index in [1.54, 1.807) is 18.2 Å². The number of primary amides is 1. The Balaban J connectivity index is 1.55. The third kappa shape index (κ3) is 6.17. The van der Waals surface area contributed by atoms with Gasteiger partial charge in [-0.2, -0.15) is 0 Å². The van der Waals surface area contributed by atoms with Crippen molar-refractivity contribution in [2.24, 2.45) is 11.7 Å². The molecule has 1 aromatic carbocycles. The second-order valence-electron chi connectivity index (χ2n) is 7.70. The Bertz CT molecular complexity index is 796. The molecule has 2 aliphatic rings. The predicted molar refractivity (Wildman–Crippen MR) is 109 cm³/mol. The van der Waals surface area contributed by atoms with Crippen molar-refractivity contribution in [3.8, 4) is 0 Å². The van der Waals surface area contributed by atoms with Gasteiger partial charge in [-0.15, -0.1) is 0 Å². The maximum Gasteiger partial charge on any atom is 0.405 e. The Morgan fingerprint density at radius 2 is 2.13 bits per heavy atom. The average Bonchev–Trinajstić information content (AvgIpc) is 3.44. The molecule has 4 atom stereocenters. The first-order valence-electron chi connectivity index (χ1n) is 10.2. The molecule has 1 aliphatic heterocycles. The number of rotatable bonds is 9. The van der Waals surface area contributed by atoms with Crippen LogP contribution in [0.3, 0.4) is 0 Å². The van der Waals surface area contributed by atoms with Crippen LogP contribution in [-0.2, 0) is 25.4 Å². The molecule has 2 fully saturated rings. The molecule has 3 N–H and O–H groups in total. The van der Waals surface area contributed by atoms with Gasteiger partial charge < -0.3 is 25.3 Å². The number of halogens is 1. The molecule has 1 aromatic rings. The lowest BCUT2D eigenvalue weighted by Gasteiger charge is -2.22. The fourth-order valence-corrected chi connectivity index (χ4v) is 3.74. The highest BCUT2D eigenvalue weighted by Crippen LogP contribution is 2.32. The van der Waals surface area contributed by atoms with Crippen molar-refractivity contribution >= 4 is 29.4 Å². The topological polar surface area (TPSA) is 117 Å². The van der Waals surface area contributed by atoms with Crippen LogP contribution in [0.15, 0.2) is 18.2 Å². The minimum absolute atomic E-state index is 0.00182.